The van der Waals surface area contributed by atoms with Crippen LogP contribution in [0.3, 0.4) is 0 Å². The van der Waals surface area contributed by atoms with Gasteiger partial charge in [0.1, 0.15) is 5.75 Å². The Labute approximate surface area is 131 Å². The lowest BCUT2D eigenvalue weighted by atomic mass is 9.78. The van der Waals surface area contributed by atoms with E-state index < -0.39 is 6.10 Å². The number of benzene rings is 1. The second kappa shape index (κ2) is 6.16. The van der Waals surface area contributed by atoms with Gasteiger partial charge >= 0.3 is 0 Å². The molecule has 1 amide bonds. The van der Waals surface area contributed by atoms with Crippen molar-refractivity contribution in [3.8, 4) is 5.75 Å². The van der Waals surface area contributed by atoms with Gasteiger partial charge in [-0.3, -0.25) is 4.79 Å². The van der Waals surface area contributed by atoms with E-state index in [4.69, 9.17) is 9.47 Å². The fraction of sp³-hybridized carbons (Fsp3) is 0.588. The number of carbonyl (C=O) groups is 1. The Bertz CT molecular complexity index is 542. The van der Waals surface area contributed by atoms with Crippen molar-refractivity contribution in [1.82, 2.24) is 5.32 Å². The minimum atomic E-state index is -0.405. The van der Waals surface area contributed by atoms with Crippen LogP contribution in [0.2, 0.25) is 0 Å². The minimum Gasteiger partial charge on any atom is -0.497 e. The summed E-state index contributed by atoms with van der Waals surface area (Å²) in [5, 5.41) is 3.14. The number of carbonyl (C=O) groups excluding carboxylic acids is 1. The first-order chi connectivity index (χ1) is 10.6. The number of rotatable bonds is 4. The number of ether oxygens (including phenoxy) is 2. The number of nitrogens with zero attached hydrogens (tertiary/aromatic N) is 1. The van der Waals surface area contributed by atoms with Gasteiger partial charge in [0.15, 0.2) is 6.10 Å². The zero-order valence-electron chi connectivity index (χ0n) is 13.3. The smallest absolute Gasteiger partial charge is 0.251 e. The average molecular weight is 304 g/mol. The van der Waals surface area contributed by atoms with Crippen molar-refractivity contribution < 1.29 is 14.3 Å². The molecule has 2 aliphatic rings. The van der Waals surface area contributed by atoms with E-state index in [-0.39, 0.29) is 11.4 Å². The summed E-state index contributed by atoms with van der Waals surface area (Å²) in [6.45, 7) is 4.03. The highest BCUT2D eigenvalue weighted by Crippen LogP contribution is 2.31. The largest absolute Gasteiger partial charge is 0.497 e. The summed E-state index contributed by atoms with van der Waals surface area (Å²) in [6.07, 6.45) is 2.91. The van der Waals surface area contributed by atoms with Gasteiger partial charge in [0.25, 0.3) is 5.91 Å². The predicted octanol–water partition coefficient (Wildman–Crippen LogP) is 1.96. The van der Waals surface area contributed by atoms with Crippen molar-refractivity contribution in [2.75, 3.05) is 31.7 Å². The lowest BCUT2D eigenvalue weighted by Gasteiger charge is -2.41. The third-order valence-corrected chi connectivity index (χ3v) is 4.66. The number of hydrogen-bond donors (Lipinski definition) is 1. The Kier molecular flexibility index (Phi) is 4.25. The van der Waals surface area contributed by atoms with Crippen LogP contribution in [-0.4, -0.2) is 44.4 Å². The van der Waals surface area contributed by atoms with Crippen LogP contribution in [0, 0.1) is 0 Å². The Morgan fingerprint density at radius 1 is 1.45 bits per heavy atom. The summed E-state index contributed by atoms with van der Waals surface area (Å²) in [5.74, 6) is 0.835. The third-order valence-electron chi connectivity index (χ3n) is 4.66. The van der Waals surface area contributed by atoms with E-state index in [0.29, 0.717) is 13.2 Å². The van der Waals surface area contributed by atoms with Gasteiger partial charge in [-0.25, -0.2) is 0 Å². The molecule has 0 radical (unpaired) electrons. The summed E-state index contributed by atoms with van der Waals surface area (Å²) < 4.78 is 10.9. The molecule has 5 nitrogen and oxygen atoms in total. The van der Waals surface area contributed by atoms with E-state index in [1.165, 1.54) is 6.42 Å². The second-order valence-electron chi connectivity index (χ2n) is 6.41. The molecule has 2 fully saturated rings. The quantitative estimate of drug-likeness (QED) is 0.924. The molecular weight excluding hydrogens is 280 g/mol. The molecule has 0 aromatic heterocycles. The van der Waals surface area contributed by atoms with Crippen LogP contribution in [0.4, 0.5) is 5.69 Å². The molecule has 1 aromatic carbocycles. The van der Waals surface area contributed by atoms with Gasteiger partial charge in [0, 0.05) is 23.8 Å². The first-order valence-electron chi connectivity index (χ1n) is 7.92. The Morgan fingerprint density at radius 2 is 2.27 bits per heavy atom. The minimum absolute atomic E-state index is 0.00907. The van der Waals surface area contributed by atoms with E-state index in [1.807, 2.05) is 24.3 Å². The number of amides is 1. The standard InChI is InChI=1S/C17H24N2O3/c1-17(7-4-8-17)18-16(20)15-12-19(9-10-22-15)13-5-3-6-14(11-13)21-2/h3,5-6,11,15H,4,7-10,12H2,1-2H3,(H,18,20)/t15-/m1/s1. The first kappa shape index (κ1) is 15.2. The molecular formula is C17H24N2O3. The molecule has 1 saturated carbocycles. The molecule has 0 spiro atoms. The zero-order chi connectivity index (χ0) is 15.6. The van der Waals surface area contributed by atoms with Crippen LogP contribution in [0.15, 0.2) is 24.3 Å². The Balaban J connectivity index is 1.64. The van der Waals surface area contributed by atoms with Gasteiger partial charge in [-0.15, -0.1) is 0 Å². The maximum atomic E-state index is 12.4. The molecule has 22 heavy (non-hydrogen) atoms. The number of nitrogens with one attached hydrogen (secondary N) is 1. The van der Waals surface area contributed by atoms with Crippen LogP contribution >= 0.6 is 0 Å². The highest BCUT2D eigenvalue weighted by Gasteiger charge is 2.36. The van der Waals surface area contributed by atoms with Crippen molar-refractivity contribution in [2.45, 2.75) is 37.8 Å². The van der Waals surface area contributed by atoms with Gasteiger partial charge in [0.05, 0.1) is 20.3 Å². The number of methoxy groups -OCH3 is 1. The number of hydrogen-bond acceptors (Lipinski definition) is 4. The maximum Gasteiger partial charge on any atom is 0.251 e. The van der Waals surface area contributed by atoms with E-state index in [1.54, 1.807) is 7.11 Å². The molecule has 1 atom stereocenters. The molecule has 1 heterocycles. The summed E-state index contributed by atoms with van der Waals surface area (Å²) in [4.78, 5) is 14.6. The zero-order valence-corrected chi connectivity index (χ0v) is 13.3. The highest BCUT2D eigenvalue weighted by molar-refractivity contribution is 5.82. The summed E-state index contributed by atoms with van der Waals surface area (Å²) in [7, 11) is 1.66. The summed E-state index contributed by atoms with van der Waals surface area (Å²) in [5.41, 5.74) is 1.04. The monoisotopic (exact) mass is 304 g/mol. The predicted molar refractivity (Wildman–Crippen MR) is 85.3 cm³/mol. The van der Waals surface area contributed by atoms with Gasteiger partial charge in [-0.05, 0) is 38.3 Å². The topological polar surface area (TPSA) is 50.8 Å². The Hall–Kier alpha value is -1.75. The van der Waals surface area contributed by atoms with Crippen molar-refractivity contribution >= 4 is 11.6 Å². The molecule has 120 valence electrons. The van der Waals surface area contributed by atoms with Crippen LogP contribution in [0.5, 0.6) is 5.75 Å². The van der Waals surface area contributed by atoms with Crippen molar-refractivity contribution in [3.63, 3.8) is 0 Å². The summed E-state index contributed by atoms with van der Waals surface area (Å²) in [6, 6.07) is 7.92. The number of morpholine rings is 1. The van der Waals surface area contributed by atoms with Gasteiger partial charge in [-0.2, -0.15) is 0 Å². The van der Waals surface area contributed by atoms with E-state index in [0.717, 1.165) is 30.8 Å². The van der Waals surface area contributed by atoms with Crippen LogP contribution in [0.25, 0.3) is 0 Å². The fourth-order valence-electron chi connectivity index (χ4n) is 3.06. The number of anilines is 1. The van der Waals surface area contributed by atoms with E-state index >= 15 is 0 Å². The van der Waals surface area contributed by atoms with Crippen molar-refractivity contribution in [1.29, 1.82) is 0 Å². The molecule has 1 aliphatic carbocycles. The van der Waals surface area contributed by atoms with Crippen LogP contribution in [-0.2, 0) is 9.53 Å². The molecule has 0 bridgehead atoms. The maximum absolute atomic E-state index is 12.4. The van der Waals surface area contributed by atoms with Gasteiger partial charge in [-0.1, -0.05) is 6.07 Å². The second-order valence-corrected chi connectivity index (χ2v) is 6.41. The molecule has 1 N–H and O–H groups in total. The SMILES string of the molecule is COc1cccc(N2CCO[C@@H](C(=O)NC3(C)CCC3)C2)c1. The van der Waals surface area contributed by atoms with Crippen molar-refractivity contribution in [3.05, 3.63) is 24.3 Å². The first-order valence-corrected chi connectivity index (χ1v) is 7.92. The molecule has 3 rings (SSSR count). The normalized spacial score (nSPS) is 23.5. The lowest BCUT2D eigenvalue weighted by molar-refractivity contribution is -0.136. The molecule has 5 heteroatoms. The van der Waals surface area contributed by atoms with E-state index in [2.05, 4.69) is 17.1 Å². The Morgan fingerprint density at radius 3 is 2.95 bits per heavy atom. The fourth-order valence-corrected chi connectivity index (χ4v) is 3.06. The molecule has 1 saturated heterocycles. The average Bonchev–Trinajstić information content (AvgIpc) is 2.53. The van der Waals surface area contributed by atoms with Crippen LogP contribution < -0.4 is 15.0 Å². The van der Waals surface area contributed by atoms with E-state index in [9.17, 15) is 4.79 Å². The third kappa shape index (κ3) is 3.19. The summed E-state index contributed by atoms with van der Waals surface area (Å²) >= 11 is 0. The van der Waals surface area contributed by atoms with Gasteiger partial charge < -0.3 is 19.7 Å². The van der Waals surface area contributed by atoms with Gasteiger partial charge in [0.2, 0.25) is 0 Å². The van der Waals surface area contributed by atoms with Crippen molar-refractivity contribution in [2.24, 2.45) is 0 Å². The molecule has 0 unspecified atom stereocenters. The molecule has 1 aliphatic heterocycles. The molecule has 1 aromatic rings. The highest BCUT2D eigenvalue weighted by atomic mass is 16.5. The lowest BCUT2D eigenvalue weighted by Crippen LogP contribution is -2.57. The van der Waals surface area contributed by atoms with Crippen LogP contribution in [0.1, 0.15) is 26.2 Å².